The van der Waals surface area contributed by atoms with Gasteiger partial charge in [-0.25, -0.2) is 14.4 Å². The van der Waals surface area contributed by atoms with Crippen LogP contribution in [-0.2, 0) is 16.2 Å². The molecule has 2 heterocycles. The van der Waals surface area contributed by atoms with Gasteiger partial charge < -0.3 is 25.3 Å². The number of aryl methyl sites for hydroxylation is 1. The molecular weight excluding hydrogens is 481 g/mol. The summed E-state index contributed by atoms with van der Waals surface area (Å²) in [6.07, 6.45) is 2.85. The van der Waals surface area contributed by atoms with Crippen LogP contribution in [0.15, 0.2) is 29.4 Å². The quantitative estimate of drug-likeness (QED) is 0.493. The van der Waals surface area contributed by atoms with E-state index in [1.54, 1.807) is 19.1 Å². The second kappa shape index (κ2) is 11.6. The first kappa shape index (κ1) is 26.5. The van der Waals surface area contributed by atoms with Crippen LogP contribution < -0.4 is 15.4 Å². The molecule has 1 aromatic carbocycles. The first-order chi connectivity index (χ1) is 17.7. The first-order valence-corrected chi connectivity index (χ1v) is 12.4. The minimum atomic E-state index is -1.01. The number of aromatic nitrogens is 2. The van der Waals surface area contributed by atoms with Gasteiger partial charge in [-0.15, -0.1) is 0 Å². The highest BCUT2D eigenvalue weighted by Gasteiger charge is 2.34. The third-order valence-electron chi connectivity index (χ3n) is 6.75. The Labute approximate surface area is 214 Å². The predicted octanol–water partition coefficient (Wildman–Crippen LogP) is 2.41. The van der Waals surface area contributed by atoms with Crippen molar-refractivity contribution in [1.29, 1.82) is 0 Å². The van der Waals surface area contributed by atoms with Gasteiger partial charge in [0.15, 0.2) is 11.6 Å². The molecule has 1 aliphatic heterocycles. The molecule has 2 atom stereocenters. The van der Waals surface area contributed by atoms with Gasteiger partial charge in [0.2, 0.25) is 5.91 Å². The number of rotatable bonds is 8. The van der Waals surface area contributed by atoms with E-state index in [0.717, 1.165) is 25.7 Å². The number of nitrogens with zero attached hydrogens (tertiary/aromatic N) is 3. The summed E-state index contributed by atoms with van der Waals surface area (Å²) in [6.45, 7) is 3.35. The summed E-state index contributed by atoms with van der Waals surface area (Å²) in [7, 11) is 1.38. The molecule has 0 bridgehead atoms. The Balaban J connectivity index is 1.33. The molecular formula is C26H32FN5O5. The number of nitrogens with one attached hydrogen (secondary N) is 2. The molecule has 2 aromatic rings. The van der Waals surface area contributed by atoms with E-state index in [1.807, 2.05) is 0 Å². The molecule has 1 aliphatic carbocycles. The standard InChI is InChI=1S/C26H32FN5O5/c1-14(33)25(34)31-18-7-5-17(6-8-18)23-12-21(32-37-23)20-11-22(30-15(2)29-20)26(35)28-13-16-4-9-19(27)24(10-16)36-3/h4,9-11,14,17-18,23,33H,5-8,12-13H2,1-3H3,(H,28,35)(H,31,34)/t14-,17-,18-,23?/m0/s1. The van der Waals surface area contributed by atoms with Gasteiger partial charge in [0.25, 0.3) is 5.91 Å². The van der Waals surface area contributed by atoms with Gasteiger partial charge >= 0.3 is 0 Å². The molecule has 1 aromatic heterocycles. The SMILES string of the molecule is COc1cc(CNC(=O)c2cc(C3=NOC([C@H]4CC[C@H](NC(=O)[C@H](C)O)CC4)C3)nc(C)n2)ccc1F. The van der Waals surface area contributed by atoms with Crippen molar-refractivity contribution in [2.45, 2.75) is 70.7 Å². The number of halogens is 1. The van der Waals surface area contributed by atoms with Crippen LogP contribution >= 0.6 is 0 Å². The Bertz CT molecular complexity index is 1180. The Morgan fingerprint density at radius 2 is 1.97 bits per heavy atom. The maximum absolute atomic E-state index is 13.6. The zero-order valence-corrected chi connectivity index (χ0v) is 21.2. The minimum Gasteiger partial charge on any atom is -0.494 e. The lowest BCUT2D eigenvalue weighted by atomic mass is 9.81. The first-order valence-electron chi connectivity index (χ1n) is 12.4. The normalized spacial score (nSPS) is 22.0. The molecule has 10 nitrogen and oxygen atoms in total. The van der Waals surface area contributed by atoms with Crippen molar-refractivity contribution in [2.75, 3.05) is 7.11 Å². The lowest BCUT2D eigenvalue weighted by Crippen LogP contribution is -2.43. The fourth-order valence-electron chi connectivity index (χ4n) is 4.68. The average Bonchev–Trinajstić information content (AvgIpc) is 3.38. The molecule has 2 amide bonds. The molecule has 0 spiro atoms. The Morgan fingerprint density at radius 1 is 1.22 bits per heavy atom. The maximum atomic E-state index is 13.6. The van der Waals surface area contributed by atoms with Gasteiger partial charge in [-0.3, -0.25) is 9.59 Å². The molecule has 0 radical (unpaired) electrons. The number of ether oxygens (including phenoxy) is 1. The second-order valence-electron chi connectivity index (χ2n) is 9.52. The summed E-state index contributed by atoms with van der Waals surface area (Å²) in [5.74, 6) is -0.362. The van der Waals surface area contributed by atoms with Crippen LogP contribution in [0, 0.1) is 18.7 Å². The highest BCUT2D eigenvalue weighted by molar-refractivity contribution is 6.01. The monoisotopic (exact) mass is 513 g/mol. The summed E-state index contributed by atoms with van der Waals surface area (Å²) in [5.41, 5.74) is 2.10. The van der Waals surface area contributed by atoms with Gasteiger partial charge in [-0.2, -0.15) is 0 Å². The van der Waals surface area contributed by atoms with Gasteiger partial charge in [-0.05, 0) is 69.2 Å². The molecule has 1 saturated carbocycles. The van der Waals surface area contributed by atoms with E-state index in [2.05, 4.69) is 25.8 Å². The number of methoxy groups -OCH3 is 1. The van der Waals surface area contributed by atoms with E-state index >= 15 is 0 Å². The van der Waals surface area contributed by atoms with Crippen LogP contribution in [0.2, 0.25) is 0 Å². The number of hydrogen-bond acceptors (Lipinski definition) is 8. The molecule has 1 fully saturated rings. The van der Waals surface area contributed by atoms with Crippen molar-refractivity contribution >= 4 is 17.5 Å². The number of benzene rings is 1. The third kappa shape index (κ3) is 6.59. The zero-order chi connectivity index (χ0) is 26.5. The number of hydrogen-bond donors (Lipinski definition) is 3. The minimum absolute atomic E-state index is 0.0572. The van der Waals surface area contributed by atoms with Gasteiger partial charge in [-0.1, -0.05) is 11.2 Å². The van der Waals surface area contributed by atoms with Crippen LogP contribution in [0.3, 0.4) is 0 Å². The van der Waals surface area contributed by atoms with Crippen LogP contribution in [0.4, 0.5) is 4.39 Å². The molecule has 2 aliphatic rings. The Morgan fingerprint density at radius 3 is 2.68 bits per heavy atom. The molecule has 11 heteroatoms. The van der Waals surface area contributed by atoms with E-state index in [9.17, 15) is 19.1 Å². The van der Waals surface area contributed by atoms with E-state index < -0.39 is 11.9 Å². The summed E-state index contributed by atoms with van der Waals surface area (Å²) in [6, 6.07) is 6.06. The topological polar surface area (TPSA) is 135 Å². The van der Waals surface area contributed by atoms with Crippen LogP contribution in [0.5, 0.6) is 5.75 Å². The molecule has 1 unspecified atom stereocenters. The van der Waals surface area contributed by atoms with E-state index in [4.69, 9.17) is 9.57 Å². The van der Waals surface area contributed by atoms with Crippen molar-refractivity contribution in [3.05, 3.63) is 52.9 Å². The van der Waals surface area contributed by atoms with Crippen molar-refractivity contribution in [3.63, 3.8) is 0 Å². The Hall–Kier alpha value is -3.60. The second-order valence-corrected chi connectivity index (χ2v) is 9.52. The van der Waals surface area contributed by atoms with E-state index in [0.29, 0.717) is 35.1 Å². The van der Waals surface area contributed by atoms with Crippen molar-refractivity contribution in [1.82, 2.24) is 20.6 Å². The lowest BCUT2D eigenvalue weighted by Gasteiger charge is -2.31. The van der Waals surface area contributed by atoms with Crippen LogP contribution in [-0.4, -0.2) is 58.0 Å². The molecule has 37 heavy (non-hydrogen) atoms. The number of oxime groups is 1. The number of carbonyl (C=O) groups is 2. The molecule has 0 saturated heterocycles. The Kier molecular flexibility index (Phi) is 8.32. The maximum Gasteiger partial charge on any atom is 0.270 e. The number of amides is 2. The highest BCUT2D eigenvalue weighted by atomic mass is 19.1. The van der Waals surface area contributed by atoms with Crippen LogP contribution in [0.25, 0.3) is 0 Å². The van der Waals surface area contributed by atoms with Crippen LogP contribution in [0.1, 0.15) is 66.6 Å². The summed E-state index contributed by atoms with van der Waals surface area (Å²) < 4.78 is 18.6. The van der Waals surface area contributed by atoms with E-state index in [1.165, 1.54) is 26.2 Å². The predicted molar refractivity (Wildman–Crippen MR) is 132 cm³/mol. The summed E-state index contributed by atoms with van der Waals surface area (Å²) >= 11 is 0. The fraction of sp³-hybridized carbons (Fsp3) is 0.500. The smallest absolute Gasteiger partial charge is 0.270 e. The van der Waals surface area contributed by atoms with Crippen molar-refractivity contribution in [3.8, 4) is 5.75 Å². The molecule has 3 N–H and O–H groups in total. The largest absolute Gasteiger partial charge is 0.494 e. The average molecular weight is 514 g/mol. The van der Waals surface area contributed by atoms with Gasteiger partial charge in [0, 0.05) is 19.0 Å². The number of aliphatic hydroxyl groups excluding tert-OH is 1. The number of aliphatic hydroxyl groups is 1. The molecule has 198 valence electrons. The summed E-state index contributed by atoms with van der Waals surface area (Å²) in [5, 5.41) is 19.3. The summed E-state index contributed by atoms with van der Waals surface area (Å²) in [4.78, 5) is 39.0. The highest BCUT2D eigenvalue weighted by Crippen LogP contribution is 2.33. The molecule has 4 rings (SSSR count). The van der Waals surface area contributed by atoms with Gasteiger partial charge in [0.05, 0.1) is 12.8 Å². The fourth-order valence-corrected chi connectivity index (χ4v) is 4.68. The van der Waals surface area contributed by atoms with Crippen molar-refractivity contribution < 1.29 is 28.7 Å². The zero-order valence-electron chi connectivity index (χ0n) is 21.2. The lowest BCUT2D eigenvalue weighted by molar-refractivity contribution is -0.129. The van der Waals surface area contributed by atoms with Crippen molar-refractivity contribution in [2.24, 2.45) is 11.1 Å². The number of carbonyl (C=O) groups excluding carboxylic acids is 2. The third-order valence-corrected chi connectivity index (χ3v) is 6.75. The van der Waals surface area contributed by atoms with Gasteiger partial charge in [0.1, 0.15) is 29.4 Å². The van der Waals surface area contributed by atoms with E-state index in [-0.39, 0.29) is 41.9 Å².